The van der Waals surface area contributed by atoms with Crippen LogP contribution in [-0.4, -0.2) is 11.1 Å². The maximum atomic E-state index is 11.3. The van der Waals surface area contributed by atoms with Crippen molar-refractivity contribution < 1.29 is 4.79 Å². The largest absolute Gasteiger partial charge is 0.298 e. The lowest BCUT2D eigenvalue weighted by Gasteiger charge is -2.08. The summed E-state index contributed by atoms with van der Waals surface area (Å²) in [6, 6.07) is 5.82. The van der Waals surface area contributed by atoms with Crippen molar-refractivity contribution in [3.63, 3.8) is 0 Å². The van der Waals surface area contributed by atoms with Gasteiger partial charge in [0.2, 0.25) is 0 Å². The van der Waals surface area contributed by atoms with E-state index in [9.17, 15) is 4.79 Å². The summed E-state index contributed by atoms with van der Waals surface area (Å²) in [5.41, 5.74) is 2.16. The first-order valence-electron chi connectivity index (χ1n) is 4.12. The maximum absolute atomic E-state index is 11.3. The van der Waals surface area contributed by atoms with Crippen LogP contribution in [0.2, 0.25) is 0 Å². The maximum Gasteiger partial charge on any atom is 0.147 e. The number of alkyl halides is 2. The second-order valence-electron chi connectivity index (χ2n) is 2.90. The monoisotopic (exact) mass is 336 g/mol. The molecule has 0 aliphatic carbocycles. The molecule has 1 rings (SSSR count). The van der Waals surface area contributed by atoms with Crippen LogP contribution in [0.25, 0.3) is 0 Å². The Labute approximate surface area is 106 Å². The summed E-state index contributed by atoms with van der Waals surface area (Å²) < 4.78 is 0. The second-order valence-corrected chi connectivity index (χ2v) is 4.50. The van der Waals surface area contributed by atoms with E-state index in [0.29, 0.717) is 11.8 Å². The molecule has 0 amide bonds. The van der Waals surface area contributed by atoms with Gasteiger partial charge in [-0.05, 0) is 17.2 Å². The number of carbonyl (C=O) groups is 1. The molecule has 0 saturated heterocycles. The van der Waals surface area contributed by atoms with E-state index < -0.39 is 0 Å². The Hall–Kier alpha value is 0.200. The van der Waals surface area contributed by atoms with Gasteiger partial charge in [0.15, 0.2) is 0 Å². The highest BCUT2D eigenvalue weighted by atomic mass is 79.9. The molecule has 0 saturated carbocycles. The molecule has 0 aliphatic rings. The Bertz CT molecular complexity index is 339. The summed E-state index contributed by atoms with van der Waals surface area (Å²) in [5, 5.41) is 1.14. The van der Waals surface area contributed by atoms with Crippen molar-refractivity contribution in [3.8, 4) is 0 Å². The first kappa shape index (κ1) is 12.3. The van der Waals surface area contributed by atoms with Crippen LogP contribution in [-0.2, 0) is 16.5 Å². The Morgan fingerprint density at radius 3 is 2.64 bits per heavy atom. The highest BCUT2D eigenvalue weighted by molar-refractivity contribution is 9.09. The van der Waals surface area contributed by atoms with Crippen molar-refractivity contribution in [2.24, 2.45) is 0 Å². The van der Waals surface area contributed by atoms with Crippen molar-refractivity contribution in [1.82, 2.24) is 0 Å². The molecule has 0 heterocycles. The van der Waals surface area contributed by atoms with Gasteiger partial charge >= 0.3 is 0 Å². The van der Waals surface area contributed by atoms with Gasteiger partial charge < -0.3 is 0 Å². The summed E-state index contributed by atoms with van der Waals surface area (Å²) in [6.45, 7) is 0. The van der Waals surface area contributed by atoms with Crippen LogP contribution in [0.15, 0.2) is 23.1 Å². The Morgan fingerprint density at radius 1 is 1.36 bits per heavy atom. The quantitative estimate of drug-likeness (QED) is 0.658. The summed E-state index contributed by atoms with van der Waals surface area (Å²) >= 11 is 10.9. The van der Waals surface area contributed by atoms with Gasteiger partial charge in [-0.2, -0.15) is 0 Å². The molecule has 0 unspecified atom stereocenters. The fourth-order valence-electron chi connectivity index (χ4n) is 1.20. The third-order valence-corrected chi connectivity index (χ3v) is 3.52. The van der Waals surface area contributed by atoms with Crippen LogP contribution in [0.1, 0.15) is 11.1 Å². The van der Waals surface area contributed by atoms with E-state index in [0.717, 1.165) is 21.4 Å². The summed E-state index contributed by atoms with van der Waals surface area (Å²) in [7, 11) is 0. The number of ketones is 1. The van der Waals surface area contributed by atoms with Gasteiger partial charge in [0.25, 0.3) is 0 Å². The van der Waals surface area contributed by atoms with Crippen molar-refractivity contribution >= 4 is 50.3 Å². The molecule has 1 aromatic carbocycles. The Balaban J connectivity index is 2.96. The number of halogens is 2. The summed E-state index contributed by atoms with van der Waals surface area (Å²) in [5.74, 6) is 0.186. The Morgan fingerprint density at radius 2 is 2.07 bits per heavy atom. The van der Waals surface area contributed by atoms with E-state index in [4.69, 9.17) is 0 Å². The van der Waals surface area contributed by atoms with Crippen molar-refractivity contribution in [1.29, 1.82) is 0 Å². The lowest BCUT2D eigenvalue weighted by molar-refractivity contribution is -0.115. The van der Waals surface area contributed by atoms with Gasteiger partial charge in [0.1, 0.15) is 5.78 Å². The number of rotatable bonds is 4. The molecule has 0 spiro atoms. The smallest absolute Gasteiger partial charge is 0.147 e. The molecular formula is C10H10Br2OS. The minimum atomic E-state index is 0.186. The standard InChI is InChI=1S/C10H10Br2OS/c11-5-8(13)4-7-2-1-3-10(14)9(7)6-12/h1-3,14H,4-6H2. The number of Topliss-reactive ketones (excluding diaryl/α,β-unsaturated/α-hetero) is 1. The van der Waals surface area contributed by atoms with E-state index in [1.54, 1.807) is 0 Å². The van der Waals surface area contributed by atoms with Crippen LogP contribution < -0.4 is 0 Å². The van der Waals surface area contributed by atoms with Crippen LogP contribution in [0.4, 0.5) is 0 Å². The van der Waals surface area contributed by atoms with E-state index in [-0.39, 0.29) is 5.78 Å². The lowest BCUT2D eigenvalue weighted by atomic mass is 10.0. The zero-order chi connectivity index (χ0) is 10.6. The topological polar surface area (TPSA) is 17.1 Å². The van der Waals surface area contributed by atoms with Gasteiger partial charge in [0.05, 0.1) is 5.33 Å². The van der Waals surface area contributed by atoms with Crippen molar-refractivity contribution in [2.75, 3.05) is 5.33 Å². The minimum absolute atomic E-state index is 0.186. The molecule has 0 N–H and O–H groups in total. The van der Waals surface area contributed by atoms with E-state index >= 15 is 0 Å². The van der Waals surface area contributed by atoms with Crippen LogP contribution >= 0.6 is 44.5 Å². The number of hydrogen-bond acceptors (Lipinski definition) is 2. The second kappa shape index (κ2) is 5.93. The molecule has 0 aliphatic heterocycles. The Kier molecular flexibility index (Phi) is 5.20. The predicted molar refractivity (Wildman–Crippen MR) is 68.8 cm³/mol. The number of thiol groups is 1. The van der Waals surface area contributed by atoms with Crippen molar-refractivity contribution in [3.05, 3.63) is 29.3 Å². The van der Waals surface area contributed by atoms with Crippen LogP contribution in [0.3, 0.4) is 0 Å². The number of carbonyl (C=O) groups excluding carboxylic acids is 1. The average molecular weight is 338 g/mol. The zero-order valence-corrected chi connectivity index (χ0v) is 11.5. The molecule has 0 aromatic heterocycles. The molecule has 14 heavy (non-hydrogen) atoms. The molecule has 0 bridgehead atoms. The predicted octanol–water partition coefficient (Wildman–Crippen LogP) is 3.38. The zero-order valence-electron chi connectivity index (χ0n) is 7.46. The highest BCUT2D eigenvalue weighted by Gasteiger charge is 2.08. The van der Waals surface area contributed by atoms with E-state index in [1.807, 2.05) is 18.2 Å². The first-order chi connectivity index (χ1) is 6.69. The van der Waals surface area contributed by atoms with Gasteiger partial charge in [-0.25, -0.2) is 0 Å². The average Bonchev–Trinajstić information content (AvgIpc) is 2.18. The summed E-state index contributed by atoms with van der Waals surface area (Å²) in [6.07, 6.45) is 0.473. The third-order valence-electron chi connectivity index (χ3n) is 1.92. The first-order valence-corrected chi connectivity index (χ1v) is 6.81. The van der Waals surface area contributed by atoms with Crippen molar-refractivity contribution in [2.45, 2.75) is 16.6 Å². The van der Waals surface area contributed by atoms with Gasteiger partial charge in [0, 0.05) is 16.6 Å². The number of hydrogen-bond donors (Lipinski definition) is 1. The molecule has 4 heteroatoms. The van der Waals surface area contributed by atoms with E-state index in [2.05, 4.69) is 44.5 Å². The molecule has 76 valence electrons. The summed E-state index contributed by atoms with van der Waals surface area (Å²) in [4.78, 5) is 12.2. The number of benzene rings is 1. The molecular weight excluding hydrogens is 328 g/mol. The van der Waals surface area contributed by atoms with Gasteiger partial charge in [-0.15, -0.1) is 12.6 Å². The third kappa shape index (κ3) is 3.11. The molecule has 0 radical (unpaired) electrons. The lowest BCUT2D eigenvalue weighted by Crippen LogP contribution is -2.05. The molecule has 0 fully saturated rings. The fourth-order valence-corrected chi connectivity index (χ4v) is 2.59. The molecule has 1 nitrogen and oxygen atoms in total. The highest BCUT2D eigenvalue weighted by Crippen LogP contribution is 2.21. The van der Waals surface area contributed by atoms with E-state index in [1.165, 1.54) is 0 Å². The minimum Gasteiger partial charge on any atom is -0.298 e. The molecule has 1 aromatic rings. The van der Waals surface area contributed by atoms with Gasteiger partial charge in [-0.3, -0.25) is 4.79 Å². The SMILES string of the molecule is O=C(CBr)Cc1cccc(S)c1CBr. The molecule has 0 atom stereocenters. The van der Waals surface area contributed by atoms with Crippen LogP contribution in [0, 0.1) is 0 Å². The normalized spacial score (nSPS) is 10.2. The van der Waals surface area contributed by atoms with Gasteiger partial charge in [-0.1, -0.05) is 44.0 Å². The fraction of sp³-hybridized carbons (Fsp3) is 0.300. The van der Waals surface area contributed by atoms with Crippen LogP contribution in [0.5, 0.6) is 0 Å².